The number of amides is 1. The lowest BCUT2D eigenvalue weighted by molar-refractivity contribution is 0.0525. The number of esters is 1. The van der Waals surface area contributed by atoms with Gasteiger partial charge in [-0.3, -0.25) is 9.10 Å². The highest BCUT2D eigenvalue weighted by molar-refractivity contribution is 7.92. The Morgan fingerprint density at radius 2 is 1.69 bits per heavy atom. The van der Waals surface area contributed by atoms with Gasteiger partial charge in [0.05, 0.1) is 23.6 Å². The molecule has 0 saturated heterocycles. The molecule has 0 aliphatic heterocycles. The fourth-order valence-electron chi connectivity index (χ4n) is 2.87. The van der Waals surface area contributed by atoms with Crippen LogP contribution in [0.25, 0.3) is 0 Å². The van der Waals surface area contributed by atoms with Crippen LogP contribution in [-0.4, -0.2) is 39.2 Å². The molecule has 0 heterocycles. The molecule has 2 aromatic carbocycles. The van der Waals surface area contributed by atoms with Gasteiger partial charge in [0.2, 0.25) is 10.0 Å². The molecule has 0 bridgehead atoms. The van der Waals surface area contributed by atoms with Crippen LogP contribution in [0, 0.1) is 6.92 Å². The van der Waals surface area contributed by atoms with E-state index in [-0.39, 0.29) is 18.3 Å². The molecule has 0 radical (unpaired) electrons. The van der Waals surface area contributed by atoms with Gasteiger partial charge in [-0.2, -0.15) is 0 Å². The Morgan fingerprint density at radius 1 is 1.03 bits per heavy atom. The molecule has 0 aromatic heterocycles. The number of nitrogens with one attached hydrogen (secondary N) is 1. The smallest absolute Gasteiger partial charge is 0.338 e. The van der Waals surface area contributed by atoms with Crippen molar-refractivity contribution in [2.24, 2.45) is 0 Å². The van der Waals surface area contributed by atoms with Crippen molar-refractivity contribution >= 4 is 33.3 Å². The first-order valence-corrected chi connectivity index (χ1v) is 11.0. The van der Waals surface area contributed by atoms with Crippen molar-refractivity contribution in [1.29, 1.82) is 0 Å². The van der Waals surface area contributed by atoms with Gasteiger partial charge in [-0.1, -0.05) is 6.07 Å². The summed E-state index contributed by atoms with van der Waals surface area (Å²) < 4.78 is 30.7. The maximum Gasteiger partial charge on any atom is 0.338 e. The fraction of sp³-hybridized carbons (Fsp3) is 0.333. The zero-order valence-electron chi connectivity index (χ0n) is 17.1. The molecule has 7 nitrogen and oxygen atoms in total. The van der Waals surface area contributed by atoms with E-state index >= 15 is 0 Å². The van der Waals surface area contributed by atoms with Crippen LogP contribution < -0.4 is 9.62 Å². The van der Waals surface area contributed by atoms with E-state index in [1.54, 1.807) is 70.2 Å². The van der Waals surface area contributed by atoms with Crippen LogP contribution in [0.3, 0.4) is 0 Å². The quantitative estimate of drug-likeness (QED) is 0.661. The summed E-state index contributed by atoms with van der Waals surface area (Å²) in [6.07, 6.45) is 0. The van der Waals surface area contributed by atoms with Crippen LogP contribution in [0.1, 0.15) is 47.1 Å². The van der Waals surface area contributed by atoms with Gasteiger partial charge in [-0.25, -0.2) is 13.2 Å². The van der Waals surface area contributed by atoms with E-state index in [4.69, 9.17) is 4.74 Å². The first-order valence-electron chi connectivity index (χ1n) is 9.43. The predicted molar refractivity (Wildman–Crippen MR) is 114 cm³/mol. The van der Waals surface area contributed by atoms with Gasteiger partial charge in [0.1, 0.15) is 0 Å². The third-order valence-corrected chi connectivity index (χ3v) is 6.35. The van der Waals surface area contributed by atoms with Crippen LogP contribution >= 0.6 is 0 Å². The average Bonchev–Trinajstić information content (AvgIpc) is 2.70. The van der Waals surface area contributed by atoms with Crippen molar-refractivity contribution in [2.75, 3.05) is 28.5 Å². The number of hydrogen-bond acceptors (Lipinski definition) is 5. The van der Waals surface area contributed by atoms with Crippen molar-refractivity contribution in [1.82, 2.24) is 0 Å². The molecule has 8 heteroatoms. The van der Waals surface area contributed by atoms with Gasteiger partial charge in [0.15, 0.2) is 0 Å². The summed E-state index contributed by atoms with van der Waals surface area (Å²) in [5.41, 5.74) is 2.39. The maximum absolute atomic E-state index is 12.6. The van der Waals surface area contributed by atoms with E-state index in [1.807, 2.05) is 0 Å². The molecule has 2 rings (SSSR count). The second-order valence-electron chi connectivity index (χ2n) is 6.26. The first-order chi connectivity index (χ1) is 13.7. The molecule has 0 fully saturated rings. The van der Waals surface area contributed by atoms with Crippen molar-refractivity contribution in [3.63, 3.8) is 0 Å². The predicted octanol–water partition coefficient (Wildman–Crippen LogP) is 3.60. The van der Waals surface area contributed by atoms with E-state index in [0.717, 1.165) is 0 Å². The summed E-state index contributed by atoms with van der Waals surface area (Å²) in [4.78, 5) is 24.6. The lowest BCUT2D eigenvalue weighted by atomic mass is 10.1. The summed E-state index contributed by atoms with van der Waals surface area (Å²) in [7, 11) is -3.38. The number of rotatable bonds is 8. The highest BCUT2D eigenvalue weighted by atomic mass is 32.2. The zero-order valence-corrected chi connectivity index (χ0v) is 17.9. The number of ether oxygens (including phenoxy) is 1. The third-order valence-electron chi connectivity index (χ3n) is 4.48. The molecular weight excluding hydrogens is 392 g/mol. The van der Waals surface area contributed by atoms with E-state index in [9.17, 15) is 18.0 Å². The molecule has 1 N–H and O–H groups in total. The SMILES string of the molecule is CCOC(=O)c1cccc(NC(=O)c2ccc(N(CC)S(=O)(=O)CC)cc2)c1C. The summed E-state index contributed by atoms with van der Waals surface area (Å²) in [5, 5.41) is 2.79. The number of anilines is 2. The molecule has 0 spiro atoms. The monoisotopic (exact) mass is 418 g/mol. The summed E-state index contributed by atoms with van der Waals surface area (Å²) in [5.74, 6) is -0.802. The number of nitrogens with zero attached hydrogens (tertiary/aromatic N) is 1. The van der Waals surface area contributed by atoms with Crippen LogP contribution in [0.2, 0.25) is 0 Å². The number of benzene rings is 2. The van der Waals surface area contributed by atoms with Crippen molar-refractivity contribution in [2.45, 2.75) is 27.7 Å². The summed E-state index contributed by atoms with van der Waals surface area (Å²) in [6.45, 7) is 7.39. The Morgan fingerprint density at radius 3 is 2.24 bits per heavy atom. The Balaban J connectivity index is 2.22. The third kappa shape index (κ3) is 5.14. The molecule has 0 unspecified atom stereocenters. The van der Waals surface area contributed by atoms with Crippen LogP contribution in [0.4, 0.5) is 11.4 Å². The second kappa shape index (κ2) is 9.56. The van der Waals surface area contributed by atoms with Crippen LogP contribution in [0.5, 0.6) is 0 Å². The summed E-state index contributed by atoms with van der Waals surface area (Å²) in [6, 6.07) is 11.4. The molecular formula is C21H26N2O5S. The Labute approximate surface area is 171 Å². The minimum absolute atomic E-state index is 0.000833. The van der Waals surface area contributed by atoms with E-state index in [1.165, 1.54) is 4.31 Å². The lowest BCUT2D eigenvalue weighted by Gasteiger charge is -2.22. The van der Waals surface area contributed by atoms with Gasteiger partial charge in [0.25, 0.3) is 5.91 Å². The van der Waals surface area contributed by atoms with Crippen LogP contribution in [-0.2, 0) is 14.8 Å². The Bertz CT molecular complexity index is 985. The lowest BCUT2D eigenvalue weighted by Crippen LogP contribution is -2.32. The van der Waals surface area contributed by atoms with Crippen molar-refractivity contribution < 1.29 is 22.7 Å². The van der Waals surface area contributed by atoms with E-state index in [0.29, 0.717) is 34.6 Å². The Hall–Kier alpha value is -2.87. The molecule has 0 aliphatic rings. The van der Waals surface area contributed by atoms with E-state index in [2.05, 4.69) is 5.32 Å². The van der Waals surface area contributed by atoms with Gasteiger partial charge in [-0.15, -0.1) is 0 Å². The minimum Gasteiger partial charge on any atom is -0.462 e. The second-order valence-corrected chi connectivity index (χ2v) is 8.45. The Kier molecular flexibility index (Phi) is 7.39. The number of carbonyl (C=O) groups excluding carboxylic acids is 2. The van der Waals surface area contributed by atoms with Gasteiger partial charge >= 0.3 is 5.97 Å². The number of carbonyl (C=O) groups is 2. The average molecular weight is 419 g/mol. The molecule has 2 aromatic rings. The van der Waals surface area contributed by atoms with Gasteiger partial charge < -0.3 is 10.1 Å². The highest BCUT2D eigenvalue weighted by Crippen LogP contribution is 2.22. The van der Waals surface area contributed by atoms with Crippen LogP contribution in [0.15, 0.2) is 42.5 Å². The minimum atomic E-state index is -3.38. The molecule has 156 valence electrons. The molecule has 0 aliphatic carbocycles. The van der Waals surface area contributed by atoms with Crippen molar-refractivity contribution in [3.05, 3.63) is 59.2 Å². The van der Waals surface area contributed by atoms with Crippen molar-refractivity contribution in [3.8, 4) is 0 Å². The summed E-state index contributed by atoms with van der Waals surface area (Å²) >= 11 is 0. The van der Waals surface area contributed by atoms with E-state index < -0.39 is 16.0 Å². The highest BCUT2D eigenvalue weighted by Gasteiger charge is 2.19. The molecule has 0 saturated carbocycles. The zero-order chi connectivity index (χ0) is 21.6. The number of sulfonamides is 1. The molecule has 0 atom stereocenters. The standard InChI is InChI=1S/C21H26N2O5S/c1-5-23(29(26,27)7-3)17-13-11-16(12-14-17)20(24)22-19-10-8-9-18(15(19)4)21(25)28-6-2/h8-14H,5-7H2,1-4H3,(H,22,24). The molecule has 29 heavy (non-hydrogen) atoms. The largest absolute Gasteiger partial charge is 0.462 e. The normalized spacial score (nSPS) is 11.0. The number of hydrogen-bond donors (Lipinski definition) is 1. The molecule has 1 amide bonds. The first kappa shape index (κ1) is 22.4. The van der Waals surface area contributed by atoms with Gasteiger partial charge in [0, 0.05) is 17.8 Å². The maximum atomic E-state index is 12.6. The topological polar surface area (TPSA) is 92.8 Å². The fourth-order valence-corrected chi connectivity index (χ4v) is 4.02. The van der Waals surface area contributed by atoms with Gasteiger partial charge in [-0.05, 0) is 69.7 Å².